The fourth-order valence-electron chi connectivity index (χ4n) is 2.04. The smallest absolute Gasteiger partial charge is 0.0708 e. The number of fused-ring (bicyclic) bond motifs is 1. The molecule has 1 aromatic heterocycles. The Morgan fingerprint density at radius 1 is 0.889 bits per heavy atom. The molecule has 3 aromatic rings. The lowest BCUT2D eigenvalue weighted by atomic mass is 10.1. The molecule has 0 fully saturated rings. The second-order valence-electron chi connectivity index (χ2n) is 4.43. The Bertz CT molecular complexity index is 702. The molecule has 0 spiro atoms. The maximum Gasteiger partial charge on any atom is 0.0708 e. The van der Waals surface area contributed by atoms with Gasteiger partial charge in [-0.1, -0.05) is 51.8 Å². The van der Waals surface area contributed by atoms with Crippen molar-refractivity contribution in [3.05, 3.63) is 64.8 Å². The second-order valence-corrected chi connectivity index (χ2v) is 5.34. The molecule has 1 heterocycles. The highest BCUT2D eigenvalue weighted by molar-refractivity contribution is 9.10. The van der Waals surface area contributed by atoms with Gasteiger partial charge in [0.05, 0.1) is 5.69 Å². The summed E-state index contributed by atoms with van der Waals surface area (Å²) in [5, 5.41) is 2.42. The minimum atomic E-state index is 1.01. The highest BCUT2D eigenvalue weighted by Gasteiger charge is 2.01. The molecule has 0 unspecified atom stereocenters. The number of halogens is 1. The third-order valence-corrected chi connectivity index (χ3v) is 3.55. The molecule has 0 saturated carbocycles. The predicted octanol–water partition coefficient (Wildman–Crippen LogP) is 4.97. The fourth-order valence-corrected chi connectivity index (χ4v) is 2.30. The Morgan fingerprint density at radius 2 is 1.67 bits per heavy atom. The molecule has 0 N–H and O–H groups in total. The van der Waals surface area contributed by atoms with Crippen molar-refractivity contribution in [2.75, 3.05) is 0 Å². The monoisotopic (exact) mass is 297 g/mol. The summed E-state index contributed by atoms with van der Waals surface area (Å²) in [7, 11) is 0. The van der Waals surface area contributed by atoms with Crippen molar-refractivity contribution in [1.82, 2.24) is 4.98 Å². The summed E-state index contributed by atoms with van der Waals surface area (Å²) in [6, 6.07) is 16.8. The van der Waals surface area contributed by atoms with Gasteiger partial charge in [0.2, 0.25) is 0 Å². The van der Waals surface area contributed by atoms with Gasteiger partial charge in [-0.15, -0.1) is 0 Å². The summed E-state index contributed by atoms with van der Waals surface area (Å²) in [5.74, 6) is 0. The van der Waals surface area contributed by atoms with E-state index in [9.17, 15) is 0 Å². The number of pyridine rings is 1. The van der Waals surface area contributed by atoms with Crippen LogP contribution in [-0.4, -0.2) is 4.98 Å². The van der Waals surface area contributed by atoms with Crippen LogP contribution in [0.5, 0.6) is 0 Å². The third-order valence-electron chi connectivity index (χ3n) is 3.02. The van der Waals surface area contributed by atoms with E-state index in [4.69, 9.17) is 0 Å². The maximum absolute atomic E-state index is 4.52. The number of aryl methyl sites for hydroxylation is 1. The van der Waals surface area contributed by atoms with Crippen molar-refractivity contribution in [1.29, 1.82) is 0 Å². The Labute approximate surface area is 115 Å². The van der Waals surface area contributed by atoms with Crippen LogP contribution in [0.25, 0.3) is 22.0 Å². The maximum atomic E-state index is 4.52. The SMILES string of the molecule is Cc1ccc2cnc(-c3ccc(Br)cc3)cc2c1. The minimum absolute atomic E-state index is 1.01. The number of rotatable bonds is 1. The molecule has 0 amide bonds. The van der Waals surface area contributed by atoms with E-state index < -0.39 is 0 Å². The lowest BCUT2D eigenvalue weighted by Crippen LogP contribution is -1.84. The number of hydrogen-bond acceptors (Lipinski definition) is 1. The number of nitrogens with zero attached hydrogens (tertiary/aromatic N) is 1. The van der Waals surface area contributed by atoms with Crippen molar-refractivity contribution in [3.63, 3.8) is 0 Å². The van der Waals surface area contributed by atoms with Crippen molar-refractivity contribution >= 4 is 26.7 Å². The Hall–Kier alpha value is -1.67. The summed E-state index contributed by atoms with van der Waals surface area (Å²) in [6.45, 7) is 2.11. The van der Waals surface area contributed by atoms with Crippen molar-refractivity contribution < 1.29 is 0 Å². The van der Waals surface area contributed by atoms with Gasteiger partial charge in [0.15, 0.2) is 0 Å². The zero-order valence-corrected chi connectivity index (χ0v) is 11.6. The van der Waals surface area contributed by atoms with E-state index in [1.807, 2.05) is 18.3 Å². The Morgan fingerprint density at radius 3 is 2.44 bits per heavy atom. The molecular weight excluding hydrogens is 286 g/mol. The van der Waals surface area contributed by atoms with E-state index in [2.05, 4.69) is 64.2 Å². The van der Waals surface area contributed by atoms with Gasteiger partial charge in [-0.2, -0.15) is 0 Å². The van der Waals surface area contributed by atoms with Gasteiger partial charge in [-0.05, 0) is 30.5 Å². The first-order valence-electron chi connectivity index (χ1n) is 5.85. The first kappa shape index (κ1) is 11.4. The van der Waals surface area contributed by atoms with Gasteiger partial charge in [0.25, 0.3) is 0 Å². The van der Waals surface area contributed by atoms with E-state index in [0.717, 1.165) is 15.7 Å². The molecule has 1 nitrogen and oxygen atoms in total. The quantitative estimate of drug-likeness (QED) is 0.618. The van der Waals surface area contributed by atoms with Crippen molar-refractivity contribution in [3.8, 4) is 11.3 Å². The van der Waals surface area contributed by atoms with E-state index in [1.165, 1.54) is 16.3 Å². The molecular formula is C16H12BrN. The second kappa shape index (κ2) is 4.54. The van der Waals surface area contributed by atoms with Crippen LogP contribution >= 0.6 is 15.9 Å². The van der Waals surface area contributed by atoms with Crippen LogP contribution < -0.4 is 0 Å². The summed E-state index contributed by atoms with van der Waals surface area (Å²) in [5.41, 5.74) is 3.43. The average Bonchev–Trinajstić information content (AvgIpc) is 2.38. The first-order valence-corrected chi connectivity index (χ1v) is 6.64. The van der Waals surface area contributed by atoms with Gasteiger partial charge >= 0.3 is 0 Å². The van der Waals surface area contributed by atoms with Crippen LogP contribution in [0.4, 0.5) is 0 Å². The summed E-state index contributed by atoms with van der Waals surface area (Å²) < 4.78 is 1.09. The third kappa shape index (κ3) is 2.16. The largest absolute Gasteiger partial charge is 0.256 e. The molecule has 0 atom stereocenters. The van der Waals surface area contributed by atoms with E-state index in [-0.39, 0.29) is 0 Å². The van der Waals surface area contributed by atoms with Crippen LogP contribution in [0, 0.1) is 6.92 Å². The number of benzene rings is 2. The molecule has 0 aliphatic rings. The van der Waals surface area contributed by atoms with Gasteiger partial charge in [0, 0.05) is 21.6 Å². The van der Waals surface area contributed by atoms with Crippen LogP contribution in [0.15, 0.2) is 59.2 Å². The molecule has 0 aliphatic heterocycles. The standard InChI is InChI=1S/C16H12BrN/c1-11-2-3-13-10-18-16(9-14(13)8-11)12-4-6-15(17)7-5-12/h2-10H,1H3. The zero-order chi connectivity index (χ0) is 12.5. The van der Waals surface area contributed by atoms with Crippen molar-refractivity contribution in [2.45, 2.75) is 6.92 Å². The molecule has 0 aliphatic carbocycles. The lowest BCUT2D eigenvalue weighted by molar-refractivity contribution is 1.35. The molecule has 0 bridgehead atoms. The van der Waals surface area contributed by atoms with Crippen LogP contribution in [0.2, 0.25) is 0 Å². The van der Waals surface area contributed by atoms with Crippen LogP contribution in [-0.2, 0) is 0 Å². The van der Waals surface area contributed by atoms with E-state index in [0.29, 0.717) is 0 Å². The lowest BCUT2D eigenvalue weighted by Gasteiger charge is -2.04. The van der Waals surface area contributed by atoms with Gasteiger partial charge in [-0.25, -0.2) is 0 Å². The molecule has 2 heteroatoms. The van der Waals surface area contributed by atoms with Crippen molar-refractivity contribution in [2.24, 2.45) is 0 Å². The summed E-state index contributed by atoms with van der Waals surface area (Å²) >= 11 is 3.45. The highest BCUT2D eigenvalue weighted by atomic mass is 79.9. The predicted molar refractivity (Wildman–Crippen MR) is 79.6 cm³/mol. The van der Waals surface area contributed by atoms with Gasteiger partial charge in [0.1, 0.15) is 0 Å². The minimum Gasteiger partial charge on any atom is -0.256 e. The fraction of sp³-hybridized carbons (Fsp3) is 0.0625. The molecule has 18 heavy (non-hydrogen) atoms. The molecule has 2 aromatic carbocycles. The number of hydrogen-bond donors (Lipinski definition) is 0. The average molecular weight is 298 g/mol. The zero-order valence-electron chi connectivity index (χ0n) is 10.0. The topological polar surface area (TPSA) is 12.9 Å². The van der Waals surface area contributed by atoms with Crippen LogP contribution in [0.3, 0.4) is 0 Å². The molecule has 0 radical (unpaired) electrons. The molecule has 3 rings (SSSR count). The highest BCUT2D eigenvalue weighted by Crippen LogP contribution is 2.24. The molecule has 0 saturated heterocycles. The van der Waals surface area contributed by atoms with Gasteiger partial charge in [-0.3, -0.25) is 4.98 Å². The Kier molecular flexibility index (Phi) is 2.88. The van der Waals surface area contributed by atoms with Gasteiger partial charge < -0.3 is 0 Å². The normalized spacial score (nSPS) is 10.8. The van der Waals surface area contributed by atoms with E-state index in [1.54, 1.807) is 0 Å². The first-order chi connectivity index (χ1) is 8.72. The summed E-state index contributed by atoms with van der Waals surface area (Å²) in [4.78, 5) is 4.52. The van der Waals surface area contributed by atoms with E-state index >= 15 is 0 Å². The number of aromatic nitrogens is 1. The van der Waals surface area contributed by atoms with Crippen LogP contribution in [0.1, 0.15) is 5.56 Å². The summed E-state index contributed by atoms with van der Waals surface area (Å²) in [6.07, 6.45) is 1.94. The Balaban J connectivity index is 2.15. The molecule has 88 valence electrons.